The van der Waals surface area contributed by atoms with Gasteiger partial charge in [-0.05, 0) is 17.2 Å². The van der Waals surface area contributed by atoms with Gasteiger partial charge in [0.15, 0.2) is 0 Å². The van der Waals surface area contributed by atoms with E-state index in [9.17, 15) is 4.79 Å². The molecular formula is C11H11NO. The Morgan fingerprint density at radius 1 is 1.31 bits per heavy atom. The monoisotopic (exact) mass is 173 g/mol. The molecule has 0 aliphatic carbocycles. The van der Waals surface area contributed by atoms with E-state index in [4.69, 9.17) is 0 Å². The highest BCUT2D eigenvalue weighted by Crippen LogP contribution is 2.24. The molecule has 0 saturated heterocycles. The maximum Gasteiger partial charge on any atom is 0.254 e. The number of hydrogen-bond donors (Lipinski definition) is 0. The lowest BCUT2D eigenvalue weighted by atomic mass is 9.96. The molecule has 1 aromatic carbocycles. The number of likely N-dealkylation sites (N-methyl/N-ethyl adjacent to an activating group) is 1. The van der Waals surface area contributed by atoms with E-state index >= 15 is 0 Å². The number of carbonyl (C=O) groups is 1. The number of hydrogen-bond acceptors (Lipinski definition) is 1. The summed E-state index contributed by atoms with van der Waals surface area (Å²) in [6.45, 7) is 4.58. The van der Waals surface area contributed by atoms with E-state index in [2.05, 4.69) is 6.58 Å². The second kappa shape index (κ2) is 2.73. The number of amides is 1. The standard InChI is InChI=1S/C11H11NO/c1-8-7-12(2)11(13)10-6-4-3-5-9(8)10/h3-6H,1,7H2,2H3. The molecule has 0 radical (unpaired) electrons. The summed E-state index contributed by atoms with van der Waals surface area (Å²) in [5.41, 5.74) is 2.77. The quantitative estimate of drug-likeness (QED) is 0.585. The molecule has 0 bridgehead atoms. The summed E-state index contributed by atoms with van der Waals surface area (Å²) in [6, 6.07) is 7.60. The van der Waals surface area contributed by atoms with Crippen LogP contribution < -0.4 is 0 Å². The van der Waals surface area contributed by atoms with Crippen LogP contribution in [0.4, 0.5) is 0 Å². The Kier molecular flexibility index (Phi) is 1.69. The van der Waals surface area contributed by atoms with Gasteiger partial charge in [-0.15, -0.1) is 0 Å². The Labute approximate surface area is 77.5 Å². The fraction of sp³-hybridized carbons (Fsp3) is 0.182. The molecule has 2 heteroatoms. The zero-order chi connectivity index (χ0) is 9.42. The zero-order valence-electron chi connectivity index (χ0n) is 7.58. The van der Waals surface area contributed by atoms with Gasteiger partial charge in [0.05, 0.1) is 0 Å². The average molecular weight is 173 g/mol. The fourth-order valence-electron chi connectivity index (χ4n) is 1.63. The van der Waals surface area contributed by atoms with Crippen molar-refractivity contribution >= 4 is 11.5 Å². The van der Waals surface area contributed by atoms with Crippen molar-refractivity contribution in [3.8, 4) is 0 Å². The van der Waals surface area contributed by atoms with Crippen LogP contribution >= 0.6 is 0 Å². The fourth-order valence-corrected chi connectivity index (χ4v) is 1.63. The molecule has 13 heavy (non-hydrogen) atoms. The van der Waals surface area contributed by atoms with Gasteiger partial charge in [0.2, 0.25) is 0 Å². The molecule has 0 unspecified atom stereocenters. The van der Waals surface area contributed by atoms with Gasteiger partial charge < -0.3 is 4.90 Å². The first-order valence-corrected chi connectivity index (χ1v) is 4.23. The molecule has 2 rings (SSSR count). The summed E-state index contributed by atoms with van der Waals surface area (Å²) in [7, 11) is 1.80. The topological polar surface area (TPSA) is 20.3 Å². The molecule has 0 aromatic heterocycles. The maximum absolute atomic E-state index is 11.6. The van der Waals surface area contributed by atoms with E-state index in [0.717, 1.165) is 16.7 Å². The molecule has 1 amide bonds. The van der Waals surface area contributed by atoms with Crippen LogP contribution in [0.25, 0.3) is 5.57 Å². The first-order valence-electron chi connectivity index (χ1n) is 4.23. The number of benzene rings is 1. The molecule has 0 spiro atoms. The van der Waals surface area contributed by atoms with E-state index in [0.29, 0.717) is 6.54 Å². The summed E-state index contributed by atoms with van der Waals surface area (Å²) < 4.78 is 0. The van der Waals surface area contributed by atoms with Crippen LogP contribution in [0.3, 0.4) is 0 Å². The normalized spacial score (nSPS) is 15.9. The summed E-state index contributed by atoms with van der Waals surface area (Å²) in [4.78, 5) is 13.3. The van der Waals surface area contributed by atoms with Crippen LogP contribution in [0.2, 0.25) is 0 Å². The Morgan fingerprint density at radius 2 is 1.92 bits per heavy atom. The van der Waals surface area contributed by atoms with Crippen LogP contribution in [-0.4, -0.2) is 24.4 Å². The van der Waals surface area contributed by atoms with E-state index in [1.54, 1.807) is 11.9 Å². The Bertz CT molecular complexity index is 381. The van der Waals surface area contributed by atoms with Crippen molar-refractivity contribution in [3.63, 3.8) is 0 Å². The molecule has 0 fully saturated rings. The second-order valence-corrected chi connectivity index (χ2v) is 3.31. The predicted octanol–water partition coefficient (Wildman–Crippen LogP) is 1.79. The molecule has 2 nitrogen and oxygen atoms in total. The van der Waals surface area contributed by atoms with E-state index in [-0.39, 0.29) is 5.91 Å². The van der Waals surface area contributed by atoms with Gasteiger partial charge in [-0.1, -0.05) is 24.8 Å². The molecule has 0 atom stereocenters. The highest BCUT2D eigenvalue weighted by molar-refractivity contribution is 6.02. The molecule has 0 saturated carbocycles. The van der Waals surface area contributed by atoms with Gasteiger partial charge in [0.25, 0.3) is 5.91 Å². The van der Waals surface area contributed by atoms with Crippen molar-refractivity contribution in [2.75, 3.05) is 13.6 Å². The van der Waals surface area contributed by atoms with Crippen LogP contribution in [0.5, 0.6) is 0 Å². The molecule has 1 heterocycles. The number of fused-ring (bicyclic) bond motifs is 1. The van der Waals surface area contributed by atoms with E-state index in [1.807, 2.05) is 24.3 Å². The second-order valence-electron chi connectivity index (χ2n) is 3.31. The molecule has 0 N–H and O–H groups in total. The van der Waals surface area contributed by atoms with Crippen molar-refractivity contribution < 1.29 is 4.79 Å². The van der Waals surface area contributed by atoms with Crippen molar-refractivity contribution in [1.82, 2.24) is 4.90 Å². The van der Waals surface area contributed by atoms with Gasteiger partial charge in [0.1, 0.15) is 0 Å². The highest BCUT2D eigenvalue weighted by atomic mass is 16.2. The van der Waals surface area contributed by atoms with Crippen LogP contribution in [-0.2, 0) is 0 Å². The highest BCUT2D eigenvalue weighted by Gasteiger charge is 2.22. The molecule has 66 valence electrons. The van der Waals surface area contributed by atoms with Gasteiger partial charge in [-0.25, -0.2) is 0 Å². The first kappa shape index (κ1) is 8.05. The molecule has 1 aromatic rings. The van der Waals surface area contributed by atoms with Crippen molar-refractivity contribution in [2.45, 2.75) is 0 Å². The molecule has 1 aliphatic heterocycles. The maximum atomic E-state index is 11.6. The minimum Gasteiger partial charge on any atom is -0.337 e. The van der Waals surface area contributed by atoms with Crippen LogP contribution in [0, 0.1) is 0 Å². The lowest BCUT2D eigenvalue weighted by Gasteiger charge is -2.26. The van der Waals surface area contributed by atoms with Crippen LogP contribution in [0.1, 0.15) is 15.9 Å². The molecular weight excluding hydrogens is 162 g/mol. The van der Waals surface area contributed by atoms with Crippen molar-refractivity contribution in [3.05, 3.63) is 42.0 Å². The molecule has 1 aliphatic rings. The van der Waals surface area contributed by atoms with Crippen molar-refractivity contribution in [1.29, 1.82) is 0 Å². The third kappa shape index (κ3) is 1.15. The van der Waals surface area contributed by atoms with E-state index < -0.39 is 0 Å². The smallest absolute Gasteiger partial charge is 0.254 e. The minimum absolute atomic E-state index is 0.0861. The summed E-state index contributed by atoms with van der Waals surface area (Å²) in [6.07, 6.45) is 0. The van der Waals surface area contributed by atoms with Crippen molar-refractivity contribution in [2.24, 2.45) is 0 Å². The minimum atomic E-state index is 0.0861. The first-order chi connectivity index (χ1) is 6.20. The third-order valence-electron chi connectivity index (χ3n) is 2.31. The summed E-state index contributed by atoms with van der Waals surface area (Å²) >= 11 is 0. The zero-order valence-corrected chi connectivity index (χ0v) is 7.58. The average Bonchev–Trinajstić information content (AvgIpc) is 2.15. The third-order valence-corrected chi connectivity index (χ3v) is 2.31. The van der Waals surface area contributed by atoms with Gasteiger partial charge in [0, 0.05) is 19.2 Å². The summed E-state index contributed by atoms with van der Waals surface area (Å²) in [5, 5.41) is 0. The summed E-state index contributed by atoms with van der Waals surface area (Å²) in [5.74, 6) is 0.0861. The number of carbonyl (C=O) groups excluding carboxylic acids is 1. The lowest BCUT2D eigenvalue weighted by Crippen LogP contribution is -2.33. The number of rotatable bonds is 0. The Hall–Kier alpha value is -1.57. The lowest BCUT2D eigenvalue weighted by molar-refractivity contribution is 0.0805. The van der Waals surface area contributed by atoms with E-state index in [1.165, 1.54) is 0 Å². The predicted molar refractivity (Wildman–Crippen MR) is 52.4 cm³/mol. The Morgan fingerprint density at radius 3 is 2.62 bits per heavy atom. The Balaban J connectivity index is 2.60. The number of nitrogens with zero attached hydrogens (tertiary/aromatic N) is 1. The SMILES string of the molecule is C=C1CN(C)C(=O)c2ccccc21. The largest absolute Gasteiger partial charge is 0.337 e. The van der Waals surface area contributed by atoms with Crippen LogP contribution in [0.15, 0.2) is 30.8 Å². The van der Waals surface area contributed by atoms with Gasteiger partial charge >= 0.3 is 0 Å². The van der Waals surface area contributed by atoms with Gasteiger partial charge in [-0.3, -0.25) is 4.79 Å². The van der Waals surface area contributed by atoms with Gasteiger partial charge in [-0.2, -0.15) is 0 Å².